The first-order valence-electron chi connectivity index (χ1n) is 7.60. The second-order valence-corrected chi connectivity index (χ2v) is 5.28. The third-order valence-corrected chi connectivity index (χ3v) is 3.74. The van der Waals surface area contributed by atoms with E-state index in [1.165, 1.54) is 0 Å². The molecular weight excluding hydrogens is 298 g/mol. The van der Waals surface area contributed by atoms with Gasteiger partial charge in [-0.2, -0.15) is 0 Å². The van der Waals surface area contributed by atoms with Crippen molar-refractivity contribution < 1.29 is 14.3 Å². The summed E-state index contributed by atoms with van der Waals surface area (Å²) in [5, 5.41) is 3.05. The quantitative estimate of drug-likeness (QED) is 0.629. The molecule has 126 valence electrons. The van der Waals surface area contributed by atoms with Gasteiger partial charge in [0.05, 0.1) is 18.7 Å². The maximum absolute atomic E-state index is 12.1. The minimum atomic E-state index is -0.492. The Kier molecular flexibility index (Phi) is 6.30. The first-order valence-corrected chi connectivity index (χ1v) is 7.60. The number of carbonyl (C=O) groups excluding carboxylic acids is 2. The van der Waals surface area contributed by atoms with E-state index in [2.05, 4.69) is 10.3 Å². The van der Waals surface area contributed by atoms with E-state index in [1.54, 1.807) is 25.4 Å². The van der Waals surface area contributed by atoms with E-state index in [1.807, 2.05) is 9.80 Å². The molecule has 0 spiro atoms. The Bertz CT molecular complexity index is 544. The van der Waals surface area contributed by atoms with Crippen LogP contribution in [0, 0.1) is 0 Å². The summed E-state index contributed by atoms with van der Waals surface area (Å²) < 4.78 is 4.92. The number of nitrogens with two attached hydrogens (primary N) is 1. The van der Waals surface area contributed by atoms with Gasteiger partial charge in [-0.05, 0) is 12.1 Å². The molecular formula is C15H23N5O3. The minimum Gasteiger partial charge on any atom is -0.383 e. The minimum absolute atomic E-state index is 0.0666. The summed E-state index contributed by atoms with van der Waals surface area (Å²) in [4.78, 5) is 31.6. The van der Waals surface area contributed by atoms with E-state index >= 15 is 0 Å². The summed E-state index contributed by atoms with van der Waals surface area (Å²) >= 11 is 0. The summed E-state index contributed by atoms with van der Waals surface area (Å²) in [7, 11) is 1.63. The number of nitrogens with zero attached hydrogens (tertiary/aromatic N) is 3. The average Bonchev–Trinajstić information content (AvgIpc) is 2.58. The number of primary amides is 1. The normalized spacial score (nSPS) is 14.8. The van der Waals surface area contributed by atoms with Gasteiger partial charge in [-0.15, -0.1) is 0 Å². The van der Waals surface area contributed by atoms with Crippen LogP contribution in [0.3, 0.4) is 0 Å². The molecule has 23 heavy (non-hydrogen) atoms. The van der Waals surface area contributed by atoms with Crippen molar-refractivity contribution in [3.63, 3.8) is 0 Å². The molecule has 8 heteroatoms. The standard InChI is InChI=1S/C15H23N5O3/c1-23-10-5-17-11-13(21)19-6-8-20(9-7-19)15-12(14(16)22)3-2-4-18-15/h2-4,17H,5-11H2,1H3,(H2,16,22). The number of nitrogens with one attached hydrogen (secondary N) is 1. The molecule has 1 aromatic heterocycles. The van der Waals surface area contributed by atoms with Crippen LogP contribution in [0.1, 0.15) is 10.4 Å². The Balaban J connectivity index is 1.87. The molecule has 1 saturated heterocycles. The number of rotatable bonds is 7. The molecule has 0 bridgehead atoms. The Morgan fingerprint density at radius 2 is 2.09 bits per heavy atom. The largest absolute Gasteiger partial charge is 0.383 e. The van der Waals surface area contributed by atoms with Gasteiger partial charge in [0.1, 0.15) is 5.82 Å². The maximum Gasteiger partial charge on any atom is 0.252 e. The zero-order valence-electron chi connectivity index (χ0n) is 13.3. The van der Waals surface area contributed by atoms with Crippen LogP contribution in [-0.4, -0.2) is 74.7 Å². The van der Waals surface area contributed by atoms with Crippen molar-refractivity contribution in [3.05, 3.63) is 23.9 Å². The molecule has 0 aromatic carbocycles. The fraction of sp³-hybridized carbons (Fsp3) is 0.533. The molecule has 8 nitrogen and oxygen atoms in total. The molecule has 2 amide bonds. The molecule has 1 aliphatic rings. The van der Waals surface area contributed by atoms with Gasteiger partial charge in [0.25, 0.3) is 5.91 Å². The maximum atomic E-state index is 12.1. The van der Waals surface area contributed by atoms with Gasteiger partial charge >= 0.3 is 0 Å². The summed E-state index contributed by atoms with van der Waals surface area (Å²) in [5.41, 5.74) is 5.80. The van der Waals surface area contributed by atoms with Crippen LogP contribution in [0.25, 0.3) is 0 Å². The molecule has 1 aromatic rings. The van der Waals surface area contributed by atoms with Gasteiger partial charge in [-0.25, -0.2) is 4.98 Å². The summed E-state index contributed by atoms with van der Waals surface area (Å²) in [5.74, 6) is 0.163. The van der Waals surface area contributed by atoms with Crippen molar-refractivity contribution in [2.24, 2.45) is 5.73 Å². The Labute approximate surface area is 135 Å². The van der Waals surface area contributed by atoms with Gasteiger partial charge in [0, 0.05) is 46.0 Å². The van der Waals surface area contributed by atoms with Crippen LogP contribution in [0.5, 0.6) is 0 Å². The number of anilines is 1. The molecule has 0 radical (unpaired) electrons. The zero-order valence-corrected chi connectivity index (χ0v) is 13.3. The van der Waals surface area contributed by atoms with Crippen LogP contribution in [-0.2, 0) is 9.53 Å². The molecule has 2 rings (SSSR count). The Morgan fingerprint density at radius 1 is 1.35 bits per heavy atom. The van der Waals surface area contributed by atoms with Crippen LogP contribution < -0.4 is 16.0 Å². The highest BCUT2D eigenvalue weighted by molar-refractivity contribution is 5.97. The Morgan fingerprint density at radius 3 is 2.74 bits per heavy atom. The van der Waals surface area contributed by atoms with Crippen LogP contribution >= 0.6 is 0 Å². The number of methoxy groups -OCH3 is 1. The lowest BCUT2D eigenvalue weighted by molar-refractivity contribution is -0.130. The van der Waals surface area contributed by atoms with Gasteiger partial charge in [-0.1, -0.05) is 0 Å². The predicted molar refractivity (Wildman–Crippen MR) is 86.3 cm³/mol. The lowest BCUT2D eigenvalue weighted by atomic mass is 10.2. The fourth-order valence-corrected chi connectivity index (χ4v) is 2.49. The van der Waals surface area contributed by atoms with Crippen LogP contribution in [0.15, 0.2) is 18.3 Å². The van der Waals surface area contributed by atoms with Crippen LogP contribution in [0.2, 0.25) is 0 Å². The van der Waals surface area contributed by atoms with E-state index < -0.39 is 5.91 Å². The van der Waals surface area contributed by atoms with Gasteiger partial charge in [0.2, 0.25) is 5.91 Å². The van der Waals surface area contributed by atoms with Crippen molar-refractivity contribution in [2.45, 2.75) is 0 Å². The number of carbonyl (C=O) groups is 2. The molecule has 1 fully saturated rings. The molecule has 2 heterocycles. The first-order chi connectivity index (χ1) is 11.1. The van der Waals surface area contributed by atoms with Crippen molar-refractivity contribution in [3.8, 4) is 0 Å². The smallest absolute Gasteiger partial charge is 0.252 e. The number of ether oxygens (including phenoxy) is 1. The molecule has 0 unspecified atom stereocenters. The summed E-state index contributed by atoms with van der Waals surface area (Å²) in [6, 6.07) is 3.36. The van der Waals surface area contributed by atoms with E-state index in [4.69, 9.17) is 10.5 Å². The number of hydrogen-bond donors (Lipinski definition) is 2. The second kappa shape index (κ2) is 8.44. The van der Waals surface area contributed by atoms with Crippen molar-refractivity contribution in [1.82, 2.24) is 15.2 Å². The lowest BCUT2D eigenvalue weighted by Gasteiger charge is -2.36. The molecule has 0 saturated carbocycles. The molecule has 1 aliphatic heterocycles. The number of amides is 2. The fourth-order valence-electron chi connectivity index (χ4n) is 2.49. The topological polar surface area (TPSA) is 101 Å². The SMILES string of the molecule is COCCNCC(=O)N1CCN(c2ncccc2C(N)=O)CC1. The summed E-state index contributed by atoms with van der Waals surface area (Å²) in [6.07, 6.45) is 1.64. The van der Waals surface area contributed by atoms with Crippen molar-refractivity contribution in [2.75, 3.05) is 57.9 Å². The highest BCUT2D eigenvalue weighted by atomic mass is 16.5. The third kappa shape index (κ3) is 4.64. The van der Waals surface area contributed by atoms with E-state index in [0.29, 0.717) is 57.3 Å². The Hall–Kier alpha value is -2.19. The highest BCUT2D eigenvalue weighted by Gasteiger charge is 2.23. The number of hydrogen-bond acceptors (Lipinski definition) is 6. The number of aromatic nitrogens is 1. The number of piperazine rings is 1. The van der Waals surface area contributed by atoms with Crippen molar-refractivity contribution in [1.29, 1.82) is 0 Å². The second-order valence-electron chi connectivity index (χ2n) is 5.28. The monoisotopic (exact) mass is 321 g/mol. The third-order valence-electron chi connectivity index (χ3n) is 3.74. The highest BCUT2D eigenvalue weighted by Crippen LogP contribution is 2.18. The number of pyridine rings is 1. The van der Waals surface area contributed by atoms with Gasteiger partial charge in [-0.3, -0.25) is 9.59 Å². The zero-order chi connectivity index (χ0) is 16.7. The lowest BCUT2D eigenvalue weighted by Crippen LogP contribution is -2.51. The van der Waals surface area contributed by atoms with Gasteiger partial charge in [0.15, 0.2) is 0 Å². The van der Waals surface area contributed by atoms with Gasteiger partial charge < -0.3 is 25.6 Å². The molecule has 0 aliphatic carbocycles. The first kappa shape index (κ1) is 17.2. The molecule has 3 N–H and O–H groups in total. The van der Waals surface area contributed by atoms with E-state index in [0.717, 1.165) is 0 Å². The average molecular weight is 321 g/mol. The van der Waals surface area contributed by atoms with E-state index in [-0.39, 0.29) is 5.91 Å². The van der Waals surface area contributed by atoms with Crippen LogP contribution in [0.4, 0.5) is 5.82 Å². The van der Waals surface area contributed by atoms with E-state index in [9.17, 15) is 9.59 Å². The summed E-state index contributed by atoms with van der Waals surface area (Å²) in [6.45, 7) is 3.98. The van der Waals surface area contributed by atoms with Crippen molar-refractivity contribution >= 4 is 17.6 Å². The molecule has 0 atom stereocenters. The predicted octanol–water partition coefficient (Wildman–Crippen LogP) is -0.935.